The van der Waals surface area contributed by atoms with E-state index in [0.717, 1.165) is 6.42 Å². The van der Waals surface area contributed by atoms with Gasteiger partial charge in [-0.15, -0.1) is 0 Å². The highest BCUT2D eigenvalue weighted by Gasteiger charge is 2.23. The van der Waals surface area contributed by atoms with Crippen LogP contribution in [0.25, 0.3) is 0 Å². The number of hydrogen-bond acceptors (Lipinski definition) is 4. The number of hydrazine groups is 1. The average molecular weight is 299 g/mol. The molecule has 1 aliphatic heterocycles. The summed E-state index contributed by atoms with van der Waals surface area (Å²) in [6, 6.07) is 6.82. The zero-order chi connectivity index (χ0) is 14.4. The van der Waals surface area contributed by atoms with Crippen LogP contribution in [-0.4, -0.2) is 31.1 Å². The van der Waals surface area contributed by atoms with E-state index in [4.69, 9.17) is 21.1 Å². The molecule has 0 radical (unpaired) electrons. The molecule has 108 valence electrons. The van der Waals surface area contributed by atoms with Crippen molar-refractivity contribution in [2.45, 2.75) is 18.9 Å². The number of rotatable bonds is 4. The molecule has 1 aromatic carbocycles. The van der Waals surface area contributed by atoms with Crippen LogP contribution in [-0.2, 0) is 14.3 Å². The minimum absolute atomic E-state index is 0.241. The lowest BCUT2D eigenvalue weighted by Gasteiger charge is -2.12. The number of halogens is 1. The molecule has 0 spiro atoms. The van der Waals surface area contributed by atoms with Gasteiger partial charge in [-0.1, -0.05) is 23.7 Å². The van der Waals surface area contributed by atoms with E-state index in [1.165, 1.54) is 0 Å². The Hall–Kier alpha value is -1.79. The van der Waals surface area contributed by atoms with E-state index in [2.05, 4.69) is 10.9 Å². The van der Waals surface area contributed by atoms with Crippen LogP contribution in [0, 0.1) is 0 Å². The summed E-state index contributed by atoms with van der Waals surface area (Å²) in [5, 5.41) is 0.420. The van der Waals surface area contributed by atoms with Crippen molar-refractivity contribution in [1.29, 1.82) is 0 Å². The van der Waals surface area contributed by atoms with E-state index >= 15 is 0 Å². The van der Waals surface area contributed by atoms with Crippen LogP contribution in [0.2, 0.25) is 5.02 Å². The molecular weight excluding hydrogens is 284 g/mol. The van der Waals surface area contributed by atoms with Crippen LogP contribution in [0.4, 0.5) is 0 Å². The lowest BCUT2D eigenvalue weighted by Crippen LogP contribution is -2.47. The van der Waals surface area contributed by atoms with Crippen molar-refractivity contribution < 1.29 is 19.1 Å². The van der Waals surface area contributed by atoms with Crippen molar-refractivity contribution in [3.8, 4) is 5.75 Å². The number of ether oxygens (including phenoxy) is 2. The molecule has 1 atom stereocenters. The van der Waals surface area contributed by atoms with Crippen LogP contribution in [0.1, 0.15) is 12.8 Å². The molecule has 20 heavy (non-hydrogen) atoms. The van der Waals surface area contributed by atoms with Crippen LogP contribution >= 0.6 is 11.6 Å². The lowest BCUT2D eigenvalue weighted by atomic mass is 10.2. The molecule has 1 heterocycles. The average Bonchev–Trinajstić information content (AvgIpc) is 2.98. The summed E-state index contributed by atoms with van der Waals surface area (Å²) in [4.78, 5) is 23.1. The summed E-state index contributed by atoms with van der Waals surface area (Å²) in [6.07, 6.45) is 1.03. The fourth-order valence-electron chi connectivity index (χ4n) is 1.74. The molecule has 0 bridgehead atoms. The van der Waals surface area contributed by atoms with Gasteiger partial charge in [-0.3, -0.25) is 20.4 Å². The molecule has 7 heteroatoms. The van der Waals surface area contributed by atoms with Gasteiger partial charge < -0.3 is 9.47 Å². The van der Waals surface area contributed by atoms with Crippen LogP contribution in [0.15, 0.2) is 24.3 Å². The maximum atomic E-state index is 11.6. The molecule has 1 aliphatic rings. The highest BCUT2D eigenvalue weighted by Crippen LogP contribution is 2.22. The number of amides is 2. The van der Waals surface area contributed by atoms with Crippen molar-refractivity contribution in [2.24, 2.45) is 0 Å². The van der Waals surface area contributed by atoms with E-state index in [9.17, 15) is 9.59 Å². The molecule has 0 unspecified atom stereocenters. The second-order valence-corrected chi connectivity index (χ2v) is 4.67. The van der Waals surface area contributed by atoms with Gasteiger partial charge in [-0.05, 0) is 25.0 Å². The molecule has 0 aliphatic carbocycles. The van der Waals surface area contributed by atoms with Crippen molar-refractivity contribution in [1.82, 2.24) is 10.9 Å². The zero-order valence-corrected chi connectivity index (χ0v) is 11.5. The monoisotopic (exact) mass is 298 g/mol. The fraction of sp³-hybridized carbons (Fsp3) is 0.385. The van der Waals surface area contributed by atoms with Gasteiger partial charge in [0.15, 0.2) is 6.61 Å². The smallest absolute Gasteiger partial charge is 0.276 e. The van der Waals surface area contributed by atoms with Gasteiger partial charge >= 0.3 is 0 Å². The number of para-hydroxylation sites is 1. The molecular formula is C13H15ClN2O4. The second-order valence-electron chi connectivity index (χ2n) is 4.26. The Balaban J connectivity index is 1.70. The summed E-state index contributed by atoms with van der Waals surface area (Å²) < 4.78 is 10.4. The Labute approximate surface area is 121 Å². The predicted molar refractivity (Wildman–Crippen MR) is 72.2 cm³/mol. The SMILES string of the molecule is O=C(COc1ccccc1Cl)NNC(=O)[C@H]1CCCO1. The van der Waals surface area contributed by atoms with Crippen LogP contribution < -0.4 is 15.6 Å². The van der Waals surface area contributed by atoms with Crippen LogP contribution in [0.5, 0.6) is 5.75 Å². The zero-order valence-electron chi connectivity index (χ0n) is 10.7. The first-order valence-electron chi connectivity index (χ1n) is 6.24. The maximum Gasteiger partial charge on any atom is 0.276 e. The first-order chi connectivity index (χ1) is 9.66. The quantitative estimate of drug-likeness (QED) is 0.815. The summed E-state index contributed by atoms with van der Waals surface area (Å²) in [5.41, 5.74) is 4.56. The maximum absolute atomic E-state index is 11.6. The van der Waals surface area contributed by atoms with Crippen molar-refractivity contribution >= 4 is 23.4 Å². The van der Waals surface area contributed by atoms with Crippen molar-refractivity contribution in [2.75, 3.05) is 13.2 Å². The van der Waals surface area contributed by atoms with Gasteiger partial charge in [-0.2, -0.15) is 0 Å². The van der Waals surface area contributed by atoms with Gasteiger partial charge in [-0.25, -0.2) is 0 Å². The summed E-state index contributed by atoms with van der Waals surface area (Å²) in [6.45, 7) is 0.331. The van der Waals surface area contributed by atoms with Gasteiger partial charge in [0.2, 0.25) is 0 Å². The third-order valence-corrected chi connectivity index (χ3v) is 3.05. The number of nitrogens with one attached hydrogen (secondary N) is 2. The number of benzene rings is 1. The highest BCUT2D eigenvalue weighted by atomic mass is 35.5. The molecule has 0 saturated carbocycles. The van der Waals surface area contributed by atoms with E-state index in [-0.39, 0.29) is 12.5 Å². The van der Waals surface area contributed by atoms with E-state index in [1.54, 1.807) is 24.3 Å². The molecule has 1 saturated heterocycles. The third-order valence-electron chi connectivity index (χ3n) is 2.74. The molecule has 1 aromatic rings. The first kappa shape index (κ1) is 14.6. The molecule has 2 rings (SSSR count). The highest BCUT2D eigenvalue weighted by molar-refractivity contribution is 6.32. The molecule has 6 nitrogen and oxygen atoms in total. The Morgan fingerprint density at radius 1 is 1.35 bits per heavy atom. The van der Waals surface area contributed by atoms with E-state index in [0.29, 0.717) is 23.8 Å². The van der Waals surface area contributed by atoms with E-state index in [1.807, 2.05) is 0 Å². The minimum Gasteiger partial charge on any atom is -0.482 e. The fourth-order valence-corrected chi connectivity index (χ4v) is 1.93. The largest absolute Gasteiger partial charge is 0.482 e. The van der Waals surface area contributed by atoms with Gasteiger partial charge in [0.1, 0.15) is 11.9 Å². The summed E-state index contributed by atoms with van der Waals surface area (Å²) in [7, 11) is 0. The summed E-state index contributed by atoms with van der Waals surface area (Å²) >= 11 is 5.88. The van der Waals surface area contributed by atoms with Gasteiger partial charge in [0.25, 0.3) is 11.8 Å². The molecule has 0 aromatic heterocycles. The first-order valence-corrected chi connectivity index (χ1v) is 6.62. The van der Waals surface area contributed by atoms with Crippen molar-refractivity contribution in [3.05, 3.63) is 29.3 Å². The number of carbonyl (C=O) groups is 2. The minimum atomic E-state index is -0.486. The topological polar surface area (TPSA) is 76.7 Å². The van der Waals surface area contributed by atoms with Gasteiger partial charge in [0.05, 0.1) is 5.02 Å². The lowest BCUT2D eigenvalue weighted by molar-refractivity contribution is -0.135. The second kappa shape index (κ2) is 7.12. The Morgan fingerprint density at radius 3 is 2.85 bits per heavy atom. The standard InChI is InChI=1S/C13H15ClN2O4/c14-9-4-1-2-5-10(9)20-8-12(17)15-16-13(18)11-6-3-7-19-11/h1-2,4-5,11H,3,6-8H2,(H,15,17)(H,16,18)/t11-/m1/s1. The Kier molecular flexibility index (Phi) is 5.20. The predicted octanol–water partition coefficient (Wildman–Crippen LogP) is 1.05. The summed E-state index contributed by atoms with van der Waals surface area (Å²) in [5.74, 6) is -0.417. The molecule has 2 amide bonds. The third kappa shape index (κ3) is 4.11. The molecule has 2 N–H and O–H groups in total. The Bertz CT molecular complexity index is 489. The van der Waals surface area contributed by atoms with Crippen LogP contribution in [0.3, 0.4) is 0 Å². The van der Waals surface area contributed by atoms with Gasteiger partial charge in [0, 0.05) is 6.61 Å². The number of hydrogen-bond donors (Lipinski definition) is 2. The van der Waals surface area contributed by atoms with E-state index < -0.39 is 12.0 Å². The number of carbonyl (C=O) groups excluding carboxylic acids is 2. The molecule has 1 fully saturated rings. The normalized spacial score (nSPS) is 17.6. The Morgan fingerprint density at radius 2 is 2.15 bits per heavy atom. The van der Waals surface area contributed by atoms with Crippen molar-refractivity contribution in [3.63, 3.8) is 0 Å².